The first kappa shape index (κ1) is 23.9. The maximum Gasteiger partial charge on any atom is 0.235 e. The molecule has 0 N–H and O–H groups in total. The molecule has 0 aliphatic heterocycles. The molecule has 5 aromatic carbocycles. The van der Waals surface area contributed by atoms with E-state index in [1.165, 1.54) is 16.0 Å². The Labute approximate surface area is 242 Å². The van der Waals surface area contributed by atoms with Gasteiger partial charge in [0.2, 0.25) is 5.95 Å². The Morgan fingerprint density at radius 3 is 1.85 bits per heavy atom. The highest BCUT2D eigenvalue weighted by Gasteiger charge is 2.19. The van der Waals surface area contributed by atoms with Crippen molar-refractivity contribution in [1.29, 1.82) is 0 Å². The lowest BCUT2D eigenvalue weighted by atomic mass is 9.94. The molecule has 8 aromatic rings. The molecule has 3 aromatic heterocycles. The first-order chi connectivity index (χ1) is 20.2. The predicted molar refractivity (Wildman–Crippen MR) is 173 cm³/mol. The Morgan fingerprint density at radius 2 is 1.15 bits per heavy atom. The smallest absolute Gasteiger partial charge is 0.235 e. The molecule has 0 atom stereocenters. The van der Waals surface area contributed by atoms with E-state index < -0.39 is 0 Å². The van der Waals surface area contributed by atoms with Gasteiger partial charge in [-0.3, -0.25) is 4.57 Å². The number of hydrogen-bond donors (Lipinski definition) is 0. The van der Waals surface area contributed by atoms with Crippen molar-refractivity contribution in [2.45, 2.75) is 0 Å². The Morgan fingerprint density at radius 1 is 0.537 bits per heavy atom. The van der Waals surface area contributed by atoms with Crippen molar-refractivity contribution in [3.05, 3.63) is 133 Å². The molecule has 0 spiro atoms. The van der Waals surface area contributed by atoms with Gasteiger partial charge in [0.15, 0.2) is 0 Å². The van der Waals surface area contributed by atoms with E-state index in [2.05, 4.69) is 114 Å². The van der Waals surface area contributed by atoms with E-state index in [-0.39, 0.29) is 0 Å². The van der Waals surface area contributed by atoms with Crippen LogP contribution in [0.5, 0.6) is 0 Å². The average Bonchev–Trinajstić information content (AvgIpc) is 3.61. The van der Waals surface area contributed by atoms with Crippen molar-refractivity contribution in [2.75, 3.05) is 0 Å². The van der Waals surface area contributed by atoms with Gasteiger partial charge in [-0.1, -0.05) is 115 Å². The standard InChI is InChI=1S/C36H22BN3S/c37-27-17-19-32-29(21-27)28-20-26(23-10-4-1-5-11-23)16-18-31(28)40(32)36-38-30-22-33(24-12-6-2-7-13-24)41-35(30)34(39-36)25-14-8-3-9-15-25/h1-22H. The number of benzene rings is 5. The summed E-state index contributed by atoms with van der Waals surface area (Å²) in [5.41, 5.74) is 9.25. The molecule has 3 nitrogen and oxygen atoms in total. The Hall–Kier alpha value is -5.00. The number of thiophene rings is 1. The minimum absolute atomic E-state index is 0.644. The van der Waals surface area contributed by atoms with Gasteiger partial charge in [0.05, 0.1) is 26.9 Å². The maximum atomic E-state index is 6.31. The molecule has 5 heteroatoms. The van der Waals surface area contributed by atoms with Gasteiger partial charge >= 0.3 is 0 Å². The number of fused-ring (bicyclic) bond motifs is 4. The third kappa shape index (κ3) is 4.05. The quantitative estimate of drug-likeness (QED) is 0.210. The predicted octanol–water partition coefficient (Wildman–Crippen LogP) is 8.58. The number of nitrogens with zero attached hydrogens (tertiary/aromatic N) is 3. The molecular weight excluding hydrogens is 517 g/mol. The topological polar surface area (TPSA) is 30.7 Å². The SMILES string of the molecule is [B]c1ccc2c(c1)c1cc(-c3ccccc3)ccc1n2-c1nc(-c2ccccc2)c2sc(-c3ccccc3)cc2n1. The van der Waals surface area contributed by atoms with Gasteiger partial charge in [-0.2, -0.15) is 0 Å². The fourth-order valence-corrected chi connectivity index (χ4v) is 6.73. The highest BCUT2D eigenvalue weighted by Crippen LogP contribution is 2.40. The minimum atomic E-state index is 0.644. The summed E-state index contributed by atoms with van der Waals surface area (Å²) in [5, 5.41) is 2.20. The van der Waals surface area contributed by atoms with Gasteiger partial charge in [0.25, 0.3) is 0 Å². The van der Waals surface area contributed by atoms with Gasteiger partial charge in [-0.15, -0.1) is 11.3 Å². The number of rotatable bonds is 4. The summed E-state index contributed by atoms with van der Waals surface area (Å²) in [4.78, 5) is 11.6. The van der Waals surface area contributed by atoms with Crippen LogP contribution in [0, 0.1) is 0 Å². The monoisotopic (exact) mass is 539 g/mol. The van der Waals surface area contributed by atoms with Crippen LogP contribution in [0.4, 0.5) is 0 Å². The molecule has 41 heavy (non-hydrogen) atoms. The van der Waals surface area contributed by atoms with Crippen molar-refractivity contribution in [3.8, 4) is 38.8 Å². The third-order valence-electron chi connectivity index (χ3n) is 7.56. The molecule has 0 aliphatic rings. The molecule has 190 valence electrons. The van der Waals surface area contributed by atoms with Crippen molar-refractivity contribution < 1.29 is 0 Å². The summed E-state index contributed by atoms with van der Waals surface area (Å²) in [6.45, 7) is 0. The van der Waals surface area contributed by atoms with Crippen LogP contribution < -0.4 is 5.46 Å². The van der Waals surface area contributed by atoms with Crippen LogP contribution in [0.15, 0.2) is 133 Å². The van der Waals surface area contributed by atoms with Gasteiger partial charge in [0, 0.05) is 21.2 Å². The average molecular weight is 539 g/mol. The molecule has 2 radical (unpaired) electrons. The molecule has 0 bridgehead atoms. The van der Waals surface area contributed by atoms with Crippen LogP contribution in [0.2, 0.25) is 0 Å². The summed E-state index contributed by atoms with van der Waals surface area (Å²) in [5.74, 6) is 0.644. The van der Waals surface area contributed by atoms with Crippen molar-refractivity contribution in [3.63, 3.8) is 0 Å². The molecule has 0 amide bonds. The third-order valence-corrected chi connectivity index (χ3v) is 8.74. The van der Waals surface area contributed by atoms with Crippen LogP contribution in [0.25, 0.3) is 70.8 Å². The van der Waals surface area contributed by atoms with Crippen LogP contribution in [0.1, 0.15) is 0 Å². The van der Waals surface area contributed by atoms with Crippen molar-refractivity contribution in [1.82, 2.24) is 14.5 Å². The second-order valence-electron chi connectivity index (χ2n) is 10.1. The lowest BCUT2D eigenvalue weighted by Crippen LogP contribution is -2.04. The zero-order valence-corrected chi connectivity index (χ0v) is 22.8. The van der Waals surface area contributed by atoms with E-state index in [0.29, 0.717) is 5.95 Å². The highest BCUT2D eigenvalue weighted by molar-refractivity contribution is 7.22. The summed E-state index contributed by atoms with van der Waals surface area (Å²) in [6.07, 6.45) is 0. The molecule has 0 saturated heterocycles. The van der Waals surface area contributed by atoms with Crippen molar-refractivity contribution >= 4 is 56.7 Å². The lowest BCUT2D eigenvalue weighted by molar-refractivity contribution is 1.02. The van der Waals surface area contributed by atoms with E-state index in [9.17, 15) is 0 Å². The van der Waals surface area contributed by atoms with E-state index in [1.54, 1.807) is 11.3 Å². The van der Waals surface area contributed by atoms with Gasteiger partial charge in [-0.05, 0) is 41.0 Å². The summed E-state index contributed by atoms with van der Waals surface area (Å²) in [6, 6.07) is 46.2. The first-order valence-corrected chi connectivity index (χ1v) is 14.4. The normalized spacial score (nSPS) is 11.5. The van der Waals surface area contributed by atoms with Gasteiger partial charge in [-0.25, -0.2) is 9.97 Å². The van der Waals surface area contributed by atoms with Crippen LogP contribution >= 0.6 is 11.3 Å². The van der Waals surface area contributed by atoms with Gasteiger partial charge < -0.3 is 0 Å². The second-order valence-corrected chi connectivity index (χ2v) is 11.2. The largest absolute Gasteiger partial charge is 0.278 e. The number of aromatic nitrogens is 3. The van der Waals surface area contributed by atoms with E-state index >= 15 is 0 Å². The first-order valence-electron chi connectivity index (χ1n) is 13.5. The second kappa shape index (κ2) is 9.58. The maximum absolute atomic E-state index is 6.31. The minimum Gasteiger partial charge on any atom is -0.278 e. The fourth-order valence-electron chi connectivity index (χ4n) is 5.62. The molecule has 0 saturated carbocycles. The lowest BCUT2D eigenvalue weighted by Gasteiger charge is -2.10. The fraction of sp³-hybridized carbons (Fsp3) is 0. The summed E-state index contributed by atoms with van der Waals surface area (Å²) < 4.78 is 3.25. The molecule has 0 fully saturated rings. The van der Waals surface area contributed by atoms with Crippen LogP contribution in [-0.4, -0.2) is 22.4 Å². The van der Waals surface area contributed by atoms with Crippen LogP contribution in [-0.2, 0) is 0 Å². The van der Waals surface area contributed by atoms with Crippen LogP contribution in [0.3, 0.4) is 0 Å². The summed E-state index contributed by atoms with van der Waals surface area (Å²) >= 11 is 1.74. The van der Waals surface area contributed by atoms with E-state index in [0.717, 1.165) is 54.3 Å². The molecular formula is C36H22BN3S. The highest BCUT2D eigenvalue weighted by atomic mass is 32.1. The Balaban J connectivity index is 1.42. The van der Waals surface area contributed by atoms with Gasteiger partial charge in [0.1, 0.15) is 7.85 Å². The number of hydrogen-bond acceptors (Lipinski definition) is 3. The Kier molecular flexibility index (Phi) is 5.57. The molecule has 3 heterocycles. The Bertz CT molecular complexity index is 2200. The molecule has 8 rings (SSSR count). The van der Waals surface area contributed by atoms with Crippen molar-refractivity contribution in [2.24, 2.45) is 0 Å². The summed E-state index contributed by atoms with van der Waals surface area (Å²) in [7, 11) is 6.31. The molecule has 0 unspecified atom stereocenters. The van der Waals surface area contributed by atoms with E-state index in [1.807, 2.05) is 24.3 Å². The molecule has 0 aliphatic carbocycles. The zero-order valence-electron chi connectivity index (χ0n) is 22.0. The van der Waals surface area contributed by atoms with E-state index in [4.69, 9.17) is 17.8 Å². The zero-order chi connectivity index (χ0) is 27.3.